The number of hydrogen-bond donors (Lipinski definition) is 0. The van der Waals surface area contributed by atoms with Crippen molar-refractivity contribution >= 4 is 16.6 Å². The Morgan fingerprint density at radius 3 is 2.52 bits per heavy atom. The summed E-state index contributed by atoms with van der Waals surface area (Å²) in [5.41, 5.74) is 2.00. The molecule has 0 aliphatic carbocycles. The molecular weight excluding hydrogens is 386 g/mol. The quantitative estimate of drug-likeness (QED) is 0.338. The first-order valence-electron chi connectivity index (χ1n) is 11.3. The average molecular weight is 418 g/mol. The highest BCUT2D eigenvalue weighted by Crippen LogP contribution is 2.30. The van der Waals surface area contributed by atoms with Gasteiger partial charge in [-0.25, -0.2) is 0 Å². The Kier molecular flexibility index (Phi) is 7.70. The van der Waals surface area contributed by atoms with Gasteiger partial charge in [0.1, 0.15) is 5.75 Å². The zero-order chi connectivity index (χ0) is 21.3. The summed E-state index contributed by atoms with van der Waals surface area (Å²) in [4.78, 5) is 15.7. The smallest absolute Gasteiger partial charge is 0.167 e. The van der Waals surface area contributed by atoms with Gasteiger partial charge < -0.3 is 9.47 Å². The van der Waals surface area contributed by atoms with Gasteiger partial charge in [0.2, 0.25) is 0 Å². The second kappa shape index (κ2) is 11.1. The van der Waals surface area contributed by atoms with Gasteiger partial charge in [-0.1, -0.05) is 60.7 Å². The number of rotatable bonds is 10. The van der Waals surface area contributed by atoms with Gasteiger partial charge >= 0.3 is 0 Å². The van der Waals surface area contributed by atoms with Gasteiger partial charge in [-0.15, -0.1) is 0 Å². The number of hydrogen-bond acceptors (Lipinski definition) is 4. The molecule has 0 unspecified atom stereocenters. The van der Waals surface area contributed by atoms with Gasteiger partial charge in [0.05, 0.1) is 25.4 Å². The molecule has 0 bridgehead atoms. The van der Waals surface area contributed by atoms with Crippen molar-refractivity contribution in [1.82, 2.24) is 4.90 Å². The molecule has 1 fully saturated rings. The lowest BCUT2D eigenvalue weighted by Crippen LogP contribution is -2.37. The monoisotopic (exact) mass is 417 g/mol. The van der Waals surface area contributed by atoms with E-state index in [-0.39, 0.29) is 5.78 Å². The van der Waals surface area contributed by atoms with Gasteiger partial charge in [-0.05, 0) is 41.7 Å². The number of Topliss-reactive ketones (excluding diaryl/α,β-unsaturated/α-hetero) is 1. The lowest BCUT2D eigenvalue weighted by atomic mass is 9.96. The molecular formula is C27H31NO3. The van der Waals surface area contributed by atoms with E-state index in [0.29, 0.717) is 18.8 Å². The molecule has 0 N–H and O–H groups in total. The summed E-state index contributed by atoms with van der Waals surface area (Å²) in [5.74, 6) is 0.876. The second-order valence-corrected chi connectivity index (χ2v) is 8.08. The van der Waals surface area contributed by atoms with Crippen LogP contribution in [0.4, 0.5) is 0 Å². The number of morpholine rings is 1. The molecule has 0 spiro atoms. The lowest BCUT2D eigenvalue weighted by Gasteiger charge is -2.26. The molecule has 31 heavy (non-hydrogen) atoms. The highest BCUT2D eigenvalue weighted by atomic mass is 16.5. The molecule has 0 amide bonds. The van der Waals surface area contributed by atoms with E-state index in [1.807, 2.05) is 48.5 Å². The fourth-order valence-electron chi connectivity index (χ4n) is 4.18. The van der Waals surface area contributed by atoms with E-state index < -0.39 is 0 Å². The maximum absolute atomic E-state index is 13.2. The van der Waals surface area contributed by atoms with Gasteiger partial charge in [0.15, 0.2) is 5.78 Å². The van der Waals surface area contributed by atoms with Crippen molar-refractivity contribution in [3.8, 4) is 5.75 Å². The van der Waals surface area contributed by atoms with E-state index in [0.717, 1.165) is 68.4 Å². The fourth-order valence-corrected chi connectivity index (χ4v) is 4.18. The molecule has 3 aromatic carbocycles. The molecule has 1 aliphatic rings. The first-order valence-corrected chi connectivity index (χ1v) is 11.3. The summed E-state index contributed by atoms with van der Waals surface area (Å²) in [7, 11) is 0. The van der Waals surface area contributed by atoms with E-state index in [1.54, 1.807) is 0 Å². The third kappa shape index (κ3) is 5.93. The highest BCUT2D eigenvalue weighted by molar-refractivity contribution is 6.10. The van der Waals surface area contributed by atoms with E-state index in [1.165, 1.54) is 5.56 Å². The molecule has 3 aromatic rings. The van der Waals surface area contributed by atoms with Gasteiger partial charge in [-0.3, -0.25) is 9.69 Å². The first kappa shape index (κ1) is 21.5. The van der Waals surface area contributed by atoms with Gasteiger partial charge in [-0.2, -0.15) is 0 Å². The Hall–Kier alpha value is -2.69. The minimum absolute atomic E-state index is 0.163. The molecule has 0 radical (unpaired) electrons. The van der Waals surface area contributed by atoms with Crippen molar-refractivity contribution in [1.29, 1.82) is 0 Å². The number of nitrogens with zero attached hydrogens (tertiary/aromatic N) is 1. The van der Waals surface area contributed by atoms with Crippen molar-refractivity contribution in [2.75, 3.05) is 39.5 Å². The maximum Gasteiger partial charge on any atom is 0.167 e. The number of carbonyl (C=O) groups is 1. The average Bonchev–Trinajstić information content (AvgIpc) is 2.83. The van der Waals surface area contributed by atoms with Crippen molar-refractivity contribution < 1.29 is 14.3 Å². The van der Waals surface area contributed by atoms with Crippen LogP contribution < -0.4 is 4.74 Å². The third-order valence-electron chi connectivity index (χ3n) is 5.86. The van der Waals surface area contributed by atoms with Crippen molar-refractivity contribution in [2.45, 2.75) is 25.7 Å². The SMILES string of the molecule is O=C(CCCc1ccccc1)c1c(OCCCN2CCOCC2)ccc2ccccc12. The topological polar surface area (TPSA) is 38.8 Å². The predicted octanol–water partition coefficient (Wildman–Crippen LogP) is 5.15. The highest BCUT2D eigenvalue weighted by Gasteiger charge is 2.17. The van der Waals surface area contributed by atoms with Crippen molar-refractivity contribution in [3.63, 3.8) is 0 Å². The fraction of sp³-hybridized carbons (Fsp3) is 0.370. The summed E-state index contributed by atoms with van der Waals surface area (Å²) in [6.07, 6.45) is 3.21. The third-order valence-corrected chi connectivity index (χ3v) is 5.86. The number of carbonyl (C=O) groups excluding carboxylic acids is 1. The van der Waals surface area contributed by atoms with Crippen molar-refractivity contribution in [3.05, 3.63) is 77.9 Å². The summed E-state index contributed by atoms with van der Waals surface area (Å²) in [6.45, 7) is 5.21. The van der Waals surface area contributed by atoms with Crippen LogP contribution in [0.25, 0.3) is 10.8 Å². The van der Waals surface area contributed by atoms with Gasteiger partial charge in [0, 0.05) is 26.1 Å². The van der Waals surface area contributed by atoms with Gasteiger partial charge in [0.25, 0.3) is 0 Å². The molecule has 162 valence electrons. The molecule has 1 heterocycles. The molecule has 0 saturated carbocycles. The number of ketones is 1. The summed E-state index contributed by atoms with van der Waals surface area (Å²) in [6, 6.07) is 22.4. The van der Waals surface area contributed by atoms with E-state index in [4.69, 9.17) is 9.47 Å². The first-order chi connectivity index (χ1) is 15.3. The number of ether oxygens (including phenoxy) is 2. The Labute approximate surface area is 184 Å². The molecule has 4 rings (SSSR count). The Morgan fingerprint density at radius 1 is 0.903 bits per heavy atom. The second-order valence-electron chi connectivity index (χ2n) is 8.08. The van der Waals surface area contributed by atoms with Crippen LogP contribution in [0.5, 0.6) is 5.75 Å². The Bertz CT molecular complexity index is 980. The molecule has 1 aliphatic heterocycles. The summed E-state index contributed by atoms with van der Waals surface area (Å²) in [5, 5.41) is 2.06. The Morgan fingerprint density at radius 2 is 1.68 bits per heavy atom. The van der Waals surface area contributed by atoms with Crippen LogP contribution in [-0.4, -0.2) is 50.1 Å². The molecule has 4 heteroatoms. The minimum Gasteiger partial charge on any atom is -0.493 e. The summed E-state index contributed by atoms with van der Waals surface area (Å²) < 4.78 is 11.6. The lowest BCUT2D eigenvalue weighted by molar-refractivity contribution is 0.0357. The maximum atomic E-state index is 13.2. The molecule has 4 nitrogen and oxygen atoms in total. The number of fused-ring (bicyclic) bond motifs is 1. The zero-order valence-corrected chi connectivity index (χ0v) is 18.1. The Balaban J connectivity index is 1.41. The predicted molar refractivity (Wildman–Crippen MR) is 125 cm³/mol. The molecule has 1 saturated heterocycles. The zero-order valence-electron chi connectivity index (χ0n) is 18.1. The molecule has 0 aromatic heterocycles. The van der Waals surface area contributed by atoms with Crippen LogP contribution in [-0.2, 0) is 11.2 Å². The van der Waals surface area contributed by atoms with Crippen LogP contribution in [0.15, 0.2) is 66.7 Å². The van der Waals surface area contributed by atoms with Crippen LogP contribution in [0.2, 0.25) is 0 Å². The standard InChI is InChI=1S/C27H31NO3/c29-25(13-6-10-22-8-2-1-3-9-22)27-24-12-5-4-11-23(24)14-15-26(27)31-19-7-16-28-17-20-30-21-18-28/h1-5,8-9,11-12,14-15H,6-7,10,13,16-21H2. The van der Waals surface area contributed by atoms with Crippen LogP contribution in [0.3, 0.4) is 0 Å². The normalized spacial score (nSPS) is 14.6. The minimum atomic E-state index is 0.163. The van der Waals surface area contributed by atoms with E-state index in [9.17, 15) is 4.79 Å². The van der Waals surface area contributed by atoms with E-state index >= 15 is 0 Å². The van der Waals surface area contributed by atoms with Crippen LogP contribution in [0, 0.1) is 0 Å². The van der Waals surface area contributed by atoms with Crippen LogP contribution >= 0.6 is 0 Å². The largest absolute Gasteiger partial charge is 0.493 e. The van der Waals surface area contributed by atoms with Crippen LogP contribution in [0.1, 0.15) is 35.2 Å². The van der Waals surface area contributed by atoms with Crippen molar-refractivity contribution in [2.24, 2.45) is 0 Å². The van der Waals surface area contributed by atoms with E-state index in [2.05, 4.69) is 23.1 Å². The summed E-state index contributed by atoms with van der Waals surface area (Å²) >= 11 is 0. The number of benzene rings is 3. The number of aryl methyl sites for hydroxylation is 1. The molecule has 0 atom stereocenters.